The molecule has 1 aliphatic heterocycles. The number of anilines is 3. The van der Waals surface area contributed by atoms with Crippen LogP contribution >= 0.6 is 0 Å². The van der Waals surface area contributed by atoms with Crippen molar-refractivity contribution in [1.82, 2.24) is 9.80 Å². The number of carbonyl (C=O) groups excluding carboxylic acids is 3. The van der Waals surface area contributed by atoms with Crippen LogP contribution in [0.25, 0.3) is 0 Å². The van der Waals surface area contributed by atoms with E-state index >= 15 is 0 Å². The zero-order valence-electron chi connectivity index (χ0n) is 21.9. The zero-order valence-corrected chi connectivity index (χ0v) is 21.9. The SMILES string of the molecule is C=CCN(CC(=O)Nc1ccc(N2CCN(C(=O)Nc3ccccc3F)CC2)cc1)C(=O)c1ccc(C)cc1. The van der Waals surface area contributed by atoms with Crippen molar-refractivity contribution in [3.05, 3.63) is 102 Å². The molecule has 1 aliphatic rings. The van der Waals surface area contributed by atoms with Crippen LogP contribution in [0.4, 0.5) is 26.2 Å². The number of piperazine rings is 1. The van der Waals surface area contributed by atoms with E-state index in [1.54, 1.807) is 35.2 Å². The summed E-state index contributed by atoms with van der Waals surface area (Å²) in [6, 6.07) is 20.4. The fraction of sp³-hybridized carbons (Fsp3) is 0.233. The predicted octanol–water partition coefficient (Wildman–Crippen LogP) is 4.76. The average molecular weight is 530 g/mol. The van der Waals surface area contributed by atoms with E-state index in [4.69, 9.17) is 0 Å². The molecule has 1 fully saturated rings. The standard InChI is InChI=1S/C30H32FN5O3/c1-3-16-36(29(38)23-10-8-22(2)9-11-23)21-28(37)32-24-12-14-25(15-13-24)34-17-19-35(20-18-34)30(39)33-27-7-5-4-6-26(27)31/h3-15H,1,16-21H2,2H3,(H,32,37)(H,33,39). The highest BCUT2D eigenvalue weighted by Gasteiger charge is 2.22. The van der Waals surface area contributed by atoms with Gasteiger partial charge in [0.2, 0.25) is 5.91 Å². The Morgan fingerprint density at radius 2 is 1.59 bits per heavy atom. The molecule has 8 nitrogen and oxygen atoms in total. The van der Waals surface area contributed by atoms with Gasteiger partial charge in [0, 0.05) is 49.7 Å². The quantitative estimate of drug-likeness (QED) is 0.413. The minimum Gasteiger partial charge on any atom is -0.368 e. The molecule has 4 rings (SSSR count). The number of hydrogen-bond donors (Lipinski definition) is 2. The summed E-state index contributed by atoms with van der Waals surface area (Å²) in [7, 11) is 0. The summed E-state index contributed by atoms with van der Waals surface area (Å²) >= 11 is 0. The van der Waals surface area contributed by atoms with Gasteiger partial charge < -0.3 is 25.3 Å². The third-order valence-electron chi connectivity index (χ3n) is 6.47. The number of para-hydroxylation sites is 1. The van der Waals surface area contributed by atoms with Gasteiger partial charge in [-0.3, -0.25) is 9.59 Å². The molecule has 1 heterocycles. The maximum absolute atomic E-state index is 13.8. The summed E-state index contributed by atoms with van der Waals surface area (Å²) in [5.74, 6) is -1.01. The highest BCUT2D eigenvalue weighted by molar-refractivity contribution is 5.99. The Kier molecular flexibility index (Phi) is 8.94. The molecule has 0 radical (unpaired) electrons. The molecule has 2 N–H and O–H groups in total. The molecule has 9 heteroatoms. The number of hydrogen-bond acceptors (Lipinski definition) is 4. The third kappa shape index (κ3) is 7.22. The maximum Gasteiger partial charge on any atom is 0.322 e. The fourth-order valence-corrected chi connectivity index (χ4v) is 4.31. The van der Waals surface area contributed by atoms with Gasteiger partial charge in [0.1, 0.15) is 12.4 Å². The molecule has 3 aromatic rings. The maximum atomic E-state index is 13.8. The fourth-order valence-electron chi connectivity index (χ4n) is 4.31. The smallest absolute Gasteiger partial charge is 0.322 e. The number of amides is 4. The normalized spacial score (nSPS) is 13.0. The second-order valence-electron chi connectivity index (χ2n) is 9.32. The molecule has 39 heavy (non-hydrogen) atoms. The number of nitrogens with zero attached hydrogens (tertiary/aromatic N) is 3. The van der Waals surface area contributed by atoms with Gasteiger partial charge in [-0.05, 0) is 55.5 Å². The molecule has 0 spiro atoms. The first-order chi connectivity index (χ1) is 18.8. The van der Waals surface area contributed by atoms with Gasteiger partial charge in [0.15, 0.2) is 0 Å². The zero-order chi connectivity index (χ0) is 27.8. The largest absolute Gasteiger partial charge is 0.368 e. The first-order valence-electron chi connectivity index (χ1n) is 12.8. The van der Waals surface area contributed by atoms with E-state index in [0.29, 0.717) is 37.4 Å². The van der Waals surface area contributed by atoms with Crippen molar-refractivity contribution in [3.63, 3.8) is 0 Å². The minimum atomic E-state index is -0.469. The van der Waals surface area contributed by atoms with Crippen molar-refractivity contribution in [3.8, 4) is 0 Å². The minimum absolute atomic E-state index is 0.0998. The lowest BCUT2D eigenvalue weighted by Crippen LogP contribution is -2.50. The lowest BCUT2D eigenvalue weighted by Gasteiger charge is -2.36. The second kappa shape index (κ2) is 12.7. The van der Waals surface area contributed by atoms with Gasteiger partial charge in [0.05, 0.1) is 5.69 Å². The first-order valence-corrected chi connectivity index (χ1v) is 12.8. The van der Waals surface area contributed by atoms with Crippen LogP contribution in [0.2, 0.25) is 0 Å². The predicted molar refractivity (Wildman–Crippen MR) is 152 cm³/mol. The molecule has 0 unspecified atom stereocenters. The lowest BCUT2D eigenvalue weighted by molar-refractivity contribution is -0.116. The number of benzene rings is 3. The van der Waals surface area contributed by atoms with E-state index in [-0.39, 0.29) is 36.6 Å². The van der Waals surface area contributed by atoms with Gasteiger partial charge >= 0.3 is 6.03 Å². The number of urea groups is 1. The summed E-state index contributed by atoms with van der Waals surface area (Å²) in [5.41, 5.74) is 3.31. The number of aryl methyl sites for hydroxylation is 1. The molecule has 0 aromatic heterocycles. The van der Waals surface area contributed by atoms with E-state index in [0.717, 1.165) is 11.3 Å². The van der Waals surface area contributed by atoms with E-state index in [1.165, 1.54) is 17.0 Å². The Bertz CT molecular complexity index is 1320. The molecule has 4 amide bonds. The van der Waals surface area contributed by atoms with E-state index < -0.39 is 5.82 Å². The van der Waals surface area contributed by atoms with Crippen LogP contribution in [0.15, 0.2) is 85.5 Å². The summed E-state index contributed by atoms with van der Waals surface area (Å²) in [4.78, 5) is 43.4. The van der Waals surface area contributed by atoms with E-state index in [9.17, 15) is 18.8 Å². The highest BCUT2D eigenvalue weighted by atomic mass is 19.1. The van der Waals surface area contributed by atoms with Gasteiger partial charge in [-0.15, -0.1) is 6.58 Å². The van der Waals surface area contributed by atoms with Crippen molar-refractivity contribution in [1.29, 1.82) is 0 Å². The van der Waals surface area contributed by atoms with Crippen LogP contribution in [-0.4, -0.2) is 66.9 Å². The van der Waals surface area contributed by atoms with Crippen molar-refractivity contribution >= 4 is 34.9 Å². The van der Waals surface area contributed by atoms with Crippen LogP contribution in [0.3, 0.4) is 0 Å². The Morgan fingerprint density at radius 1 is 0.923 bits per heavy atom. The Labute approximate surface area is 227 Å². The second-order valence-corrected chi connectivity index (χ2v) is 9.32. The molecule has 3 aromatic carbocycles. The molecule has 1 saturated heterocycles. The van der Waals surface area contributed by atoms with Crippen molar-refractivity contribution in [2.75, 3.05) is 54.8 Å². The monoisotopic (exact) mass is 529 g/mol. The summed E-state index contributed by atoms with van der Waals surface area (Å²) in [6.07, 6.45) is 1.59. The van der Waals surface area contributed by atoms with Crippen molar-refractivity contribution in [2.24, 2.45) is 0 Å². The van der Waals surface area contributed by atoms with Crippen molar-refractivity contribution in [2.45, 2.75) is 6.92 Å². The number of halogens is 1. The topological polar surface area (TPSA) is 85.0 Å². The first kappa shape index (κ1) is 27.4. The average Bonchev–Trinajstić information content (AvgIpc) is 2.94. The van der Waals surface area contributed by atoms with Gasteiger partial charge in [-0.25, -0.2) is 9.18 Å². The number of rotatable bonds is 8. The molecule has 0 aliphatic carbocycles. The van der Waals surface area contributed by atoms with Crippen molar-refractivity contribution < 1.29 is 18.8 Å². The number of nitrogens with one attached hydrogen (secondary N) is 2. The summed E-state index contributed by atoms with van der Waals surface area (Å²) < 4.78 is 13.8. The van der Waals surface area contributed by atoms with Crippen LogP contribution in [0, 0.1) is 12.7 Å². The van der Waals surface area contributed by atoms with Gasteiger partial charge in [0.25, 0.3) is 5.91 Å². The molecule has 0 saturated carbocycles. The van der Waals surface area contributed by atoms with Crippen LogP contribution in [0.5, 0.6) is 0 Å². The molecule has 0 atom stereocenters. The van der Waals surface area contributed by atoms with Gasteiger partial charge in [-0.2, -0.15) is 0 Å². The van der Waals surface area contributed by atoms with Crippen LogP contribution in [0.1, 0.15) is 15.9 Å². The third-order valence-corrected chi connectivity index (χ3v) is 6.47. The molecular weight excluding hydrogens is 497 g/mol. The molecule has 0 bridgehead atoms. The molecule has 202 valence electrons. The van der Waals surface area contributed by atoms with Crippen LogP contribution in [-0.2, 0) is 4.79 Å². The Morgan fingerprint density at radius 3 is 2.23 bits per heavy atom. The number of carbonyl (C=O) groups is 3. The lowest BCUT2D eigenvalue weighted by atomic mass is 10.1. The van der Waals surface area contributed by atoms with E-state index in [1.807, 2.05) is 43.3 Å². The van der Waals surface area contributed by atoms with Crippen LogP contribution < -0.4 is 15.5 Å². The molecular formula is C30H32FN5O3. The Hall–Kier alpha value is -4.66. The van der Waals surface area contributed by atoms with Gasteiger partial charge in [-0.1, -0.05) is 35.9 Å². The summed E-state index contributed by atoms with van der Waals surface area (Å²) in [6.45, 7) is 8.03. The Balaban J connectivity index is 1.28. The summed E-state index contributed by atoms with van der Waals surface area (Å²) in [5, 5.41) is 5.47. The highest BCUT2D eigenvalue weighted by Crippen LogP contribution is 2.21. The van der Waals surface area contributed by atoms with E-state index in [2.05, 4.69) is 22.1 Å².